The molecule has 1 unspecified atom stereocenters. The van der Waals surface area contributed by atoms with Crippen LogP contribution in [-0.4, -0.2) is 34.4 Å². The van der Waals surface area contributed by atoms with Crippen molar-refractivity contribution in [3.63, 3.8) is 0 Å². The molecule has 1 aromatic heterocycles. The van der Waals surface area contributed by atoms with E-state index in [-0.39, 0.29) is 37.3 Å². The summed E-state index contributed by atoms with van der Waals surface area (Å²) in [6, 6.07) is 9.25. The van der Waals surface area contributed by atoms with Crippen LogP contribution >= 0.6 is 0 Å². The Labute approximate surface area is 209 Å². The van der Waals surface area contributed by atoms with Crippen molar-refractivity contribution >= 4 is 11.7 Å². The summed E-state index contributed by atoms with van der Waals surface area (Å²) in [4.78, 5) is 18.6. The monoisotopic (exact) mass is 522 g/mol. The Balaban J connectivity index is 1.50. The summed E-state index contributed by atoms with van der Waals surface area (Å²) in [5, 5.41) is 2.73. The highest BCUT2D eigenvalue weighted by molar-refractivity contribution is 5.77. The van der Waals surface area contributed by atoms with Gasteiger partial charge in [-0.25, -0.2) is 18.2 Å². The molecule has 1 aliphatic rings. The van der Waals surface area contributed by atoms with E-state index in [1.807, 2.05) is 24.3 Å². The van der Waals surface area contributed by atoms with Gasteiger partial charge in [0.05, 0.1) is 11.6 Å². The van der Waals surface area contributed by atoms with Crippen LogP contribution in [-0.2, 0) is 30.4 Å². The highest BCUT2D eigenvalue weighted by Gasteiger charge is 2.35. The van der Waals surface area contributed by atoms with Gasteiger partial charge >= 0.3 is 6.18 Å². The van der Waals surface area contributed by atoms with Gasteiger partial charge in [-0.15, -0.1) is 0 Å². The topological polar surface area (TPSA) is 71.2 Å². The zero-order valence-electron chi connectivity index (χ0n) is 19.5. The first-order valence-corrected chi connectivity index (χ1v) is 11.5. The minimum Gasteiger partial charge on any atom is -0.367 e. The fraction of sp³-hybridized carbons (Fsp3) is 0.308. The third-order valence-corrected chi connectivity index (χ3v) is 6.30. The minimum atomic E-state index is -4.60. The summed E-state index contributed by atoms with van der Waals surface area (Å²) in [5.74, 6) is -4.25. The van der Waals surface area contributed by atoms with E-state index in [0.717, 1.165) is 17.2 Å². The van der Waals surface area contributed by atoms with Crippen LogP contribution in [0.25, 0.3) is 0 Å². The number of carbonyl (C=O) groups is 1. The second-order valence-corrected chi connectivity index (χ2v) is 8.95. The molecule has 2 aromatic carbocycles. The third-order valence-electron chi connectivity index (χ3n) is 6.30. The predicted octanol–water partition coefficient (Wildman–Crippen LogP) is 4.84. The average molecular weight is 522 g/mol. The van der Waals surface area contributed by atoms with Crippen LogP contribution in [0.15, 0.2) is 54.7 Å². The molecule has 2 heterocycles. The Bertz CT molecular complexity index is 1280. The molecule has 0 aliphatic carbocycles. The number of rotatable bonds is 7. The molecule has 37 heavy (non-hydrogen) atoms. The zero-order chi connectivity index (χ0) is 26.7. The summed E-state index contributed by atoms with van der Waals surface area (Å²) in [5.41, 5.74) is 6.84. The number of anilines is 1. The van der Waals surface area contributed by atoms with Gasteiger partial charge in [0.2, 0.25) is 5.91 Å². The Hall–Kier alpha value is -3.60. The van der Waals surface area contributed by atoms with Gasteiger partial charge in [0.1, 0.15) is 11.6 Å². The third kappa shape index (κ3) is 6.22. The van der Waals surface area contributed by atoms with Gasteiger partial charge in [0, 0.05) is 37.8 Å². The van der Waals surface area contributed by atoms with Crippen LogP contribution < -0.4 is 11.1 Å². The molecule has 0 saturated carbocycles. The molecule has 3 aromatic rings. The number of benzene rings is 2. The molecule has 3 N–H and O–H groups in total. The zero-order valence-corrected chi connectivity index (χ0v) is 19.5. The van der Waals surface area contributed by atoms with E-state index in [1.54, 1.807) is 0 Å². The molecule has 4 rings (SSSR count). The molecule has 196 valence electrons. The van der Waals surface area contributed by atoms with Crippen molar-refractivity contribution < 1.29 is 31.1 Å². The second kappa shape index (κ2) is 10.8. The van der Waals surface area contributed by atoms with Crippen molar-refractivity contribution in [3.05, 3.63) is 94.4 Å². The maximum absolute atomic E-state index is 14.0. The number of hydrogen-bond acceptors (Lipinski definition) is 4. The molecule has 1 aliphatic heterocycles. The molecule has 1 amide bonds. The lowest BCUT2D eigenvalue weighted by molar-refractivity contribution is -0.137. The molecule has 0 spiro atoms. The van der Waals surface area contributed by atoms with Gasteiger partial charge in [0.15, 0.2) is 11.6 Å². The number of carbonyl (C=O) groups excluding carboxylic acids is 1. The lowest BCUT2D eigenvalue weighted by atomic mass is 9.93. The summed E-state index contributed by atoms with van der Waals surface area (Å²) >= 11 is 0. The van der Waals surface area contributed by atoms with Gasteiger partial charge in [0.25, 0.3) is 0 Å². The second-order valence-electron chi connectivity index (χ2n) is 8.95. The highest BCUT2D eigenvalue weighted by Crippen LogP contribution is 2.34. The Morgan fingerprint density at radius 3 is 2.49 bits per heavy atom. The van der Waals surface area contributed by atoms with Crippen molar-refractivity contribution in [2.45, 2.75) is 44.1 Å². The Morgan fingerprint density at radius 1 is 1.05 bits per heavy atom. The standard InChI is InChI=1S/C26H24F6N4O/c27-21-12-23(29)22(28)10-17(21)8-18(33)11-24(37)36-14-16-5-2-1-4-15(16)9-19(36)13-35-25-20(26(30,31)32)6-3-7-34-25/h1-7,10,12,18-19H,8-9,11,13-14,33H2,(H,34,35)/t18?,19-/m0/s1. The lowest BCUT2D eigenvalue weighted by Crippen LogP contribution is -2.49. The van der Waals surface area contributed by atoms with E-state index in [1.165, 1.54) is 17.2 Å². The normalized spacial score (nSPS) is 16.3. The SMILES string of the molecule is NC(CC(=O)N1Cc2ccccc2C[C@H]1CNc1ncccc1C(F)(F)F)Cc1cc(F)c(F)cc1F. The molecule has 0 radical (unpaired) electrons. The van der Waals surface area contributed by atoms with Gasteiger partial charge < -0.3 is 16.0 Å². The van der Waals surface area contributed by atoms with Crippen LogP contribution in [0.1, 0.15) is 28.7 Å². The van der Waals surface area contributed by atoms with E-state index in [0.29, 0.717) is 18.6 Å². The van der Waals surface area contributed by atoms with Crippen LogP contribution in [0.3, 0.4) is 0 Å². The van der Waals surface area contributed by atoms with Gasteiger partial charge in [-0.05, 0) is 47.7 Å². The molecule has 0 saturated heterocycles. The van der Waals surface area contributed by atoms with E-state index in [9.17, 15) is 31.1 Å². The van der Waals surface area contributed by atoms with Crippen molar-refractivity contribution in [3.8, 4) is 0 Å². The number of aromatic nitrogens is 1. The van der Waals surface area contributed by atoms with Gasteiger partial charge in [-0.2, -0.15) is 13.2 Å². The molecule has 0 bridgehead atoms. The number of amides is 1. The predicted molar refractivity (Wildman–Crippen MR) is 125 cm³/mol. The van der Waals surface area contributed by atoms with Crippen LogP contribution in [0.4, 0.5) is 32.2 Å². The van der Waals surface area contributed by atoms with E-state index in [4.69, 9.17) is 5.73 Å². The molecular weight excluding hydrogens is 498 g/mol. The number of hydrogen-bond donors (Lipinski definition) is 2. The Morgan fingerprint density at radius 2 is 1.76 bits per heavy atom. The Kier molecular flexibility index (Phi) is 7.72. The minimum absolute atomic E-state index is 0.00674. The molecular formula is C26H24F6N4O. The van der Waals surface area contributed by atoms with Crippen molar-refractivity contribution in [1.82, 2.24) is 9.88 Å². The number of halogens is 6. The number of fused-ring (bicyclic) bond motifs is 1. The lowest BCUT2D eigenvalue weighted by Gasteiger charge is -2.38. The number of nitrogens with zero attached hydrogens (tertiary/aromatic N) is 2. The number of pyridine rings is 1. The fourth-order valence-electron chi connectivity index (χ4n) is 4.47. The van der Waals surface area contributed by atoms with Crippen LogP contribution in [0.2, 0.25) is 0 Å². The van der Waals surface area contributed by atoms with E-state index >= 15 is 0 Å². The fourth-order valence-corrected chi connectivity index (χ4v) is 4.47. The molecule has 0 fully saturated rings. The quantitative estimate of drug-likeness (QED) is 0.344. The maximum atomic E-state index is 14.0. The summed E-state index contributed by atoms with van der Waals surface area (Å²) < 4.78 is 81.0. The van der Waals surface area contributed by atoms with Crippen LogP contribution in [0.5, 0.6) is 0 Å². The number of alkyl halides is 3. The van der Waals surface area contributed by atoms with E-state index < -0.39 is 47.2 Å². The molecule has 5 nitrogen and oxygen atoms in total. The molecule has 11 heteroatoms. The van der Waals surface area contributed by atoms with E-state index in [2.05, 4.69) is 10.3 Å². The number of nitrogens with two attached hydrogens (primary N) is 1. The molecule has 2 atom stereocenters. The number of nitrogens with one attached hydrogen (secondary N) is 1. The van der Waals surface area contributed by atoms with Gasteiger partial charge in [-0.1, -0.05) is 24.3 Å². The van der Waals surface area contributed by atoms with Gasteiger partial charge in [-0.3, -0.25) is 4.79 Å². The summed E-state index contributed by atoms with van der Waals surface area (Å²) in [6.07, 6.45) is -3.41. The van der Waals surface area contributed by atoms with Crippen molar-refractivity contribution in [2.75, 3.05) is 11.9 Å². The van der Waals surface area contributed by atoms with Crippen molar-refractivity contribution in [2.24, 2.45) is 5.73 Å². The summed E-state index contributed by atoms with van der Waals surface area (Å²) in [6.45, 7) is 0.204. The first kappa shape index (κ1) is 26.5. The highest BCUT2D eigenvalue weighted by atomic mass is 19.4. The average Bonchev–Trinajstić information content (AvgIpc) is 2.85. The van der Waals surface area contributed by atoms with Crippen LogP contribution in [0, 0.1) is 17.5 Å². The largest absolute Gasteiger partial charge is 0.419 e. The summed E-state index contributed by atoms with van der Waals surface area (Å²) in [7, 11) is 0. The maximum Gasteiger partial charge on any atom is 0.419 e. The first-order valence-electron chi connectivity index (χ1n) is 11.5. The first-order chi connectivity index (χ1) is 17.5. The van der Waals surface area contributed by atoms with Crippen molar-refractivity contribution in [1.29, 1.82) is 0 Å². The smallest absolute Gasteiger partial charge is 0.367 e.